The van der Waals surface area contributed by atoms with Crippen LogP contribution in [0, 0.1) is 0 Å². The molecular formula is C19H37NO4Si. The zero-order valence-electron chi connectivity index (χ0n) is 17.6. The summed E-state index contributed by atoms with van der Waals surface area (Å²) in [4.78, 5) is 26.3. The molecule has 1 fully saturated rings. The first-order valence-corrected chi connectivity index (χ1v) is 12.2. The van der Waals surface area contributed by atoms with Crippen LogP contribution in [0.1, 0.15) is 67.7 Å². The Bertz CT molecular complexity index is 493. The lowest BCUT2D eigenvalue weighted by molar-refractivity contribution is -0.117. The van der Waals surface area contributed by atoms with Gasteiger partial charge < -0.3 is 14.0 Å². The lowest BCUT2D eigenvalue weighted by Crippen LogP contribution is -2.50. The van der Waals surface area contributed by atoms with Crippen LogP contribution >= 0.6 is 0 Å². The van der Waals surface area contributed by atoms with E-state index in [4.69, 9.17) is 9.16 Å². The number of hydrogen-bond acceptors (Lipinski definition) is 4. The Morgan fingerprint density at radius 2 is 1.80 bits per heavy atom. The first-order chi connectivity index (χ1) is 11.2. The number of carbonyl (C=O) groups is 2. The smallest absolute Gasteiger partial charge is 0.411 e. The summed E-state index contributed by atoms with van der Waals surface area (Å²) in [5.41, 5.74) is -1.40. The van der Waals surface area contributed by atoms with Crippen molar-refractivity contribution in [1.82, 2.24) is 4.90 Å². The summed E-state index contributed by atoms with van der Waals surface area (Å²) in [6, 6.07) is 0. The van der Waals surface area contributed by atoms with Gasteiger partial charge in [-0.15, -0.1) is 0 Å². The number of likely N-dealkylation sites (tertiary alicyclic amines) is 1. The standard InChI is InChI=1S/C19H37NO4Si/c1-10-11-19(14-21)12-15(24-25(8,9)18(5,6)7)13-20(19)16(22)23-17(2,3)4/h14-15H,10-13H2,1-9H3/t15-,19-/m1/s1. The van der Waals surface area contributed by atoms with E-state index in [-0.39, 0.29) is 11.1 Å². The number of carbonyl (C=O) groups excluding carboxylic acids is 2. The quantitative estimate of drug-likeness (QED) is 0.517. The van der Waals surface area contributed by atoms with Crippen molar-refractivity contribution in [3.63, 3.8) is 0 Å². The predicted octanol–water partition coefficient (Wildman–Crippen LogP) is 4.76. The third kappa shape index (κ3) is 5.30. The number of amides is 1. The van der Waals surface area contributed by atoms with E-state index in [1.807, 2.05) is 27.7 Å². The number of hydrogen-bond donors (Lipinski definition) is 0. The molecule has 0 spiro atoms. The van der Waals surface area contributed by atoms with Gasteiger partial charge in [-0.05, 0) is 45.3 Å². The van der Waals surface area contributed by atoms with Gasteiger partial charge in [-0.25, -0.2) is 4.79 Å². The van der Waals surface area contributed by atoms with Crippen molar-refractivity contribution in [1.29, 1.82) is 0 Å². The van der Waals surface area contributed by atoms with Gasteiger partial charge in [0.05, 0.1) is 12.6 Å². The van der Waals surface area contributed by atoms with Crippen LogP contribution < -0.4 is 0 Å². The highest BCUT2D eigenvalue weighted by atomic mass is 28.4. The van der Waals surface area contributed by atoms with Crippen LogP contribution in [0.5, 0.6) is 0 Å². The molecule has 1 saturated heterocycles. The monoisotopic (exact) mass is 371 g/mol. The normalized spacial score (nSPS) is 25.2. The highest BCUT2D eigenvalue weighted by Crippen LogP contribution is 2.41. The Balaban J connectivity index is 3.06. The van der Waals surface area contributed by atoms with Crippen molar-refractivity contribution in [3.05, 3.63) is 0 Å². The Morgan fingerprint density at radius 1 is 1.24 bits per heavy atom. The van der Waals surface area contributed by atoms with Crippen LogP contribution in [0.25, 0.3) is 0 Å². The molecular weight excluding hydrogens is 334 g/mol. The Kier molecular flexibility index (Phi) is 6.55. The fourth-order valence-electron chi connectivity index (χ4n) is 3.04. The molecule has 0 aromatic carbocycles. The summed E-state index contributed by atoms with van der Waals surface area (Å²) >= 11 is 0. The molecule has 146 valence electrons. The molecule has 0 radical (unpaired) electrons. The molecule has 2 atom stereocenters. The zero-order chi connectivity index (χ0) is 19.7. The summed E-state index contributed by atoms with van der Waals surface area (Å²) < 4.78 is 12.1. The maximum absolute atomic E-state index is 12.7. The lowest BCUT2D eigenvalue weighted by Gasteiger charge is -2.38. The molecule has 1 rings (SSSR count). The van der Waals surface area contributed by atoms with E-state index in [1.54, 1.807) is 4.90 Å². The topological polar surface area (TPSA) is 55.8 Å². The second kappa shape index (κ2) is 7.39. The van der Waals surface area contributed by atoms with Crippen molar-refractivity contribution in [2.45, 2.75) is 103 Å². The van der Waals surface area contributed by atoms with Crippen molar-refractivity contribution in [2.75, 3.05) is 6.54 Å². The van der Waals surface area contributed by atoms with Gasteiger partial charge in [0.25, 0.3) is 0 Å². The van der Waals surface area contributed by atoms with Crippen molar-refractivity contribution in [2.24, 2.45) is 0 Å². The van der Waals surface area contributed by atoms with Crippen molar-refractivity contribution in [3.8, 4) is 0 Å². The van der Waals surface area contributed by atoms with Crippen molar-refractivity contribution < 1.29 is 18.8 Å². The molecule has 0 aromatic rings. The maximum Gasteiger partial charge on any atom is 0.411 e. The summed E-state index contributed by atoms with van der Waals surface area (Å²) in [6.07, 6.45) is 2.39. The van der Waals surface area contributed by atoms with Gasteiger partial charge >= 0.3 is 6.09 Å². The summed E-state index contributed by atoms with van der Waals surface area (Å²) in [7, 11) is -1.97. The van der Waals surface area contributed by atoms with Crippen molar-refractivity contribution >= 4 is 20.7 Å². The minimum atomic E-state index is -1.97. The van der Waals surface area contributed by atoms with Gasteiger partial charge in [0.1, 0.15) is 17.4 Å². The number of rotatable bonds is 5. The zero-order valence-corrected chi connectivity index (χ0v) is 18.6. The first kappa shape index (κ1) is 22.2. The maximum atomic E-state index is 12.7. The Hall–Kier alpha value is -0.883. The summed E-state index contributed by atoms with van der Waals surface area (Å²) in [6.45, 7) is 18.9. The lowest BCUT2D eigenvalue weighted by atomic mass is 9.92. The molecule has 1 amide bonds. The fourth-order valence-corrected chi connectivity index (χ4v) is 4.39. The van der Waals surface area contributed by atoms with E-state index in [2.05, 4.69) is 33.9 Å². The second-order valence-electron chi connectivity index (χ2n) is 9.77. The highest BCUT2D eigenvalue weighted by Gasteiger charge is 2.51. The average Bonchev–Trinajstić information content (AvgIpc) is 2.74. The molecule has 0 saturated carbocycles. The predicted molar refractivity (Wildman–Crippen MR) is 103 cm³/mol. The van der Waals surface area contributed by atoms with E-state index in [0.717, 1.165) is 12.7 Å². The van der Waals surface area contributed by atoms with Crippen LogP contribution in [-0.4, -0.2) is 49.4 Å². The molecule has 1 aliphatic rings. The molecule has 0 aliphatic carbocycles. The SMILES string of the molecule is CCC[C@]1(C=O)C[C@@H](O[Si](C)(C)C(C)(C)C)CN1C(=O)OC(C)(C)C. The molecule has 1 heterocycles. The van der Waals surface area contributed by atoms with Gasteiger partial charge in [0, 0.05) is 6.42 Å². The summed E-state index contributed by atoms with van der Waals surface area (Å²) in [5.74, 6) is 0. The largest absolute Gasteiger partial charge is 0.444 e. The van der Waals surface area contributed by atoms with Crippen LogP contribution in [0.15, 0.2) is 0 Å². The molecule has 0 unspecified atom stereocenters. The molecule has 0 bridgehead atoms. The van der Waals surface area contributed by atoms with E-state index in [9.17, 15) is 9.59 Å². The van der Waals surface area contributed by atoms with Crippen LogP contribution in [0.4, 0.5) is 4.79 Å². The first-order valence-electron chi connectivity index (χ1n) is 9.32. The highest BCUT2D eigenvalue weighted by molar-refractivity contribution is 6.74. The average molecular weight is 372 g/mol. The van der Waals surface area contributed by atoms with Gasteiger partial charge in [0.15, 0.2) is 8.32 Å². The molecule has 0 N–H and O–H groups in total. The number of ether oxygens (including phenoxy) is 1. The third-order valence-corrected chi connectivity index (χ3v) is 9.82. The van der Waals surface area contributed by atoms with E-state index in [0.29, 0.717) is 19.4 Å². The van der Waals surface area contributed by atoms with Crippen LogP contribution in [-0.2, 0) is 14.0 Å². The third-order valence-electron chi connectivity index (χ3n) is 5.29. The minimum absolute atomic E-state index is 0.0843. The second-order valence-corrected chi connectivity index (χ2v) is 14.5. The Labute approximate surface area is 154 Å². The molecule has 6 heteroatoms. The molecule has 0 aromatic heterocycles. The van der Waals surface area contributed by atoms with Gasteiger partial charge in [-0.2, -0.15) is 0 Å². The van der Waals surface area contributed by atoms with E-state index >= 15 is 0 Å². The molecule has 1 aliphatic heterocycles. The number of aldehydes is 1. The molecule has 25 heavy (non-hydrogen) atoms. The fraction of sp³-hybridized carbons (Fsp3) is 0.895. The van der Waals surface area contributed by atoms with Crippen LogP contribution in [0.2, 0.25) is 18.1 Å². The van der Waals surface area contributed by atoms with Gasteiger partial charge in [-0.3, -0.25) is 4.90 Å². The van der Waals surface area contributed by atoms with E-state index < -0.39 is 25.6 Å². The number of nitrogens with zero attached hydrogens (tertiary/aromatic N) is 1. The Morgan fingerprint density at radius 3 is 2.20 bits per heavy atom. The summed E-state index contributed by atoms with van der Waals surface area (Å²) in [5, 5.41) is 0.0843. The van der Waals surface area contributed by atoms with Gasteiger partial charge in [0.2, 0.25) is 0 Å². The van der Waals surface area contributed by atoms with Gasteiger partial charge in [-0.1, -0.05) is 34.1 Å². The van der Waals surface area contributed by atoms with Crippen LogP contribution in [0.3, 0.4) is 0 Å². The van der Waals surface area contributed by atoms with E-state index in [1.165, 1.54) is 0 Å². The minimum Gasteiger partial charge on any atom is -0.444 e. The molecule has 5 nitrogen and oxygen atoms in total.